The normalized spacial score (nSPS) is 20.0. The standard InChI is InChI=1S/C23H27BrN2O4S/c1-15-4-7-21(30-3)22(12-15)31(28,29)25-10-8-17(9-11-25)23(27)26-16(2)13-18-14-19(24)5-6-20(18)26/h4-7,12,14,16-17H,8-11,13H2,1-3H3/t16-/m0/s1. The van der Waals surface area contributed by atoms with Crippen molar-refractivity contribution in [2.24, 2.45) is 5.92 Å². The van der Waals surface area contributed by atoms with Gasteiger partial charge in [-0.3, -0.25) is 4.79 Å². The van der Waals surface area contributed by atoms with Crippen LogP contribution < -0.4 is 9.64 Å². The number of carbonyl (C=O) groups is 1. The Bertz CT molecular complexity index is 1110. The molecule has 0 bridgehead atoms. The van der Waals surface area contributed by atoms with Crippen molar-refractivity contribution in [3.63, 3.8) is 0 Å². The second-order valence-electron chi connectivity index (χ2n) is 8.37. The van der Waals surface area contributed by atoms with Gasteiger partial charge in [-0.05, 0) is 74.6 Å². The molecule has 2 aromatic rings. The smallest absolute Gasteiger partial charge is 0.246 e. The van der Waals surface area contributed by atoms with Crippen LogP contribution in [0.4, 0.5) is 5.69 Å². The average molecular weight is 507 g/mol. The summed E-state index contributed by atoms with van der Waals surface area (Å²) in [7, 11) is -2.21. The molecule has 2 heterocycles. The van der Waals surface area contributed by atoms with Crippen molar-refractivity contribution in [1.82, 2.24) is 4.31 Å². The van der Waals surface area contributed by atoms with Crippen LogP contribution in [0.2, 0.25) is 0 Å². The molecule has 1 amide bonds. The first-order chi connectivity index (χ1) is 14.7. The van der Waals surface area contributed by atoms with Crippen molar-refractivity contribution in [2.45, 2.75) is 44.0 Å². The number of anilines is 1. The summed E-state index contributed by atoms with van der Waals surface area (Å²) in [5.74, 6) is 0.263. The van der Waals surface area contributed by atoms with Crippen LogP contribution in [0.1, 0.15) is 30.9 Å². The number of halogens is 1. The molecule has 0 aromatic heterocycles. The summed E-state index contributed by atoms with van der Waals surface area (Å²) >= 11 is 3.50. The number of rotatable bonds is 4. The van der Waals surface area contributed by atoms with Crippen LogP contribution in [0.15, 0.2) is 45.8 Å². The molecule has 31 heavy (non-hydrogen) atoms. The van der Waals surface area contributed by atoms with E-state index < -0.39 is 10.0 Å². The van der Waals surface area contributed by atoms with Gasteiger partial charge in [-0.25, -0.2) is 8.42 Å². The molecule has 0 spiro atoms. The summed E-state index contributed by atoms with van der Waals surface area (Å²) in [6.07, 6.45) is 1.86. The molecule has 4 rings (SSSR count). The minimum Gasteiger partial charge on any atom is -0.495 e. The van der Waals surface area contributed by atoms with Crippen molar-refractivity contribution >= 4 is 37.5 Å². The van der Waals surface area contributed by atoms with Crippen molar-refractivity contribution in [2.75, 3.05) is 25.1 Å². The molecular weight excluding hydrogens is 480 g/mol. The fraction of sp³-hybridized carbons (Fsp3) is 0.435. The Morgan fingerprint density at radius 3 is 2.52 bits per heavy atom. The summed E-state index contributed by atoms with van der Waals surface area (Å²) in [6, 6.07) is 11.3. The van der Waals surface area contributed by atoms with Crippen molar-refractivity contribution in [1.29, 1.82) is 0 Å². The molecule has 0 radical (unpaired) electrons. The topological polar surface area (TPSA) is 66.9 Å². The number of nitrogens with zero attached hydrogens (tertiary/aromatic N) is 2. The number of benzene rings is 2. The monoisotopic (exact) mass is 506 g/mol. The van der Waals surface area contributed by atoms with Gasteiger partial charge in [0.15, 0.2) is 0 Å². The predicted molar refractivity (Wildman–Crippen MR) is 124 cm³/mol. The first kappa shape index (κ1) is 22.3. The summed E-state index contributed by atoms with van der Waals surface area (Å²) in [5.41, 5.74) is 3.00. The van der Waals surface area contributed by atoms with Gasteiger partial charge >= 0.3 is 0 Å². The number of aryl methyl sites for hydroxylation is 1. The van der Waals surface area contributed by atoms with Crippen LogP contribution in [0.5, 0.6) is 5.75 Å². The fourth-order valence-electron chi connectivity index (χ4n) is 4.60. The Kier molecular flexibility index (Phi) is 6.16. The highest BCUT2D eigenvalue weighted by molar-refractivity contribution is 9.10. The number of hydrogen-bond acceptors (Lipinski definition) is 4. The molecule has 2 aliphatic rings. The zero-order valence-corrected chi connectivity index (χ0v) is 20.4. The summed E-state index contributed by atoms with van der Waals surface area (Å²) < 4.78 is 34.3. The molecule has 0 aliphatic carbocycles. The Labute approximate surface area is 192 Å². The summed E-state index contributed by atoms with van der Waals surface area (Å²) in [6.45, 7) is 4.57. The van der Waals surface area contributed by atoms with E-state index in [1.807, 2.05) is 30.0 Å². The summed E-state index contributed by atoms with van der Waals surface area (Å²) in [5, 5.41) is 0. The zero-order chi connectivity index (χ0) is 22.3. The molecule has 1 atom stereocenters. The number of carbonyl (C=O) groups excluding carboxylic acids is 1. The number of methoxy groups -OCH3 is 1. The number of fused-ring (bicyclic) bond motifs is 1. The Morgan fingerprint density at radius 2 is 1.84 bits per heavy atom. The molecule has 8 heteroatoms. The van der Waals surface area contributed by atoms with Crippen molar-refractivity contribution in [3.05, 3.63) is 52.0 Å². The maximum atomic E-state index is 13.4. The van der Waals surface area contributed by atoms with Crippen LogP contribution in [-0.2, 0) is 21.2 Å². The first-order valence-electron chi connectivity index (χ1n) is 10.5. The largest absolute Gasteiger partial charge is 0.495 e. The average Bonchev–Trinajstić information content (AvgIpc) is 3.07. The van der Waals surface area contributed by atoms with Gasteiger partial charge in [0.2, 0.25) is 15.9 Å². The van der Waals surface area contributed by atoms with Crippen LogP contribution in [0, 0.1) is 12.8 Å². The Hall–Kier alpha value is -1.90. The molecular formula is C23H27BrN2O4S. The number of sulfonamides is 1. The molecule has 166 valence electrons. The maximum Gasteiger partial charge on any atom is 0.246 e. The van der Waals surface area contributed by atoms with Crippen molar-refractivity contribution in [3.8, 4) is 5.75 Å². The predicted octanol–water partition coefficient (Wildman–Crippen LogP) is 4.14. The zero-order valence-electron chi connectivity index (χ0n) is 18.0. The Balaban J connectivity index is 1.49. The van der Waals surface area contributed by atoms with Crippen LogP contribution in [0.25, 0.3) is 0 Å². The SMILES string of the molecule is COc1ccc(C)cc1S(=O)(=O)N1CCC(C(=O)N2c3ccc(Br)cc3C[C@@H]2C)CC1. The van der Waals surface area contributed by atoms with E-state index in [9.17, 15) is 13.2 Å². The van der Waals surface area contributed by atoms with Gasteiger partial charge in [-0.1, -0.05) is 22.0 Å². The third-order valence-corrected chi connectivity index (χ3v) is 8.65. The molecule has 0 saturated carbocycles. The molecule has 0 unspecified atom stereocenters. The minimum absolute atomic E-state index is 0.0961. The van der Waals surface area contributed by atoms with E-state index in [0.717, 1.165) is 22.1 Å². The number of amides is 1. The van der Waals surface area contributed by atoms with Gasteiger partial charge in [-0.2, -0.15) is 4.31 Å². The second kappa shape index (κ2) is 8.56. The lowest BCUT2D eigenvalue weighted by molar-refractivity contribution is -0.123. The Morgan fingerprint density at radius 1 is 1.13 bits per heavy atom. The molecule has 6 nitrogen and oxygen atoms in total. The molecule has 2 aromatic carbocycles. The highest BCUT2D eigenvalue weighted by Gasteiger charge is 2.38. The molecule has 0 N–H and O–H groups in total. The highest BCUT2D eigenvalue weighted by Crippen LogP contribution is 2.37. The van der Waals surface area contributed by atoms with Crippen LogP contribution in [0.3, 0.4) is 0 Å². The van der Waals surface area contributed by atoms with Gasteiger partial charge < -0.3 is 9.64 Å². The van der Waals surface area contributed by atoms with Crippen molar-refractivity contribution < 1.29 is 17.9 Å². The fourth-order valence-corrected chi connectivity index (χ4v) is 6.72. The van der Waals surface area contributed by atoms with E-state index in [1.54, 1.807) is 12.1 Å². The van der Waals surface area contributed by atoms with E-state index in [-0.39, 0.29) is 22.8 Å². The second-order valence-corrected chi connectivity index (χ2v) is 11.2. The van der Waals surface area contributed by atoms with Crippen LogP contribution >= 0.6 is 15.9 Å². The number of ether oxygens (including phenoxy) is 1. The quantitative estimate of drug-likeness (QED) is 0.624. The van der Waals surface area contributed by atoms with Gasteiger partial charge in [-0.15, -0.1) is 0 Å². The summed E-state index contributed by atoms with van der Waals surface area (Å²) in [4.78, 5) is 15.4. The van der Waals surface area contributed by atoms with E-state index in [0.29, 0.717) is 31.7 Å². The van der Waals surface area contributed by atoms with E-state index in [4.69, 9.17) is 4.74 Å². The molecule has 1 fully saturated rings. The van der Waals surface area contributed by atoms with Gasteiger partial charge in [0.05, 0.1) is 7.11 Å². The number of piperidine rings is 1. The molecule has 2 aliphatic heterocycles. The minimum atomic E-state index is -3.68. The van der Waals surface area contributed by atoms with Crippen LogP contribution in [-0.4, -0.2) is 44.9 Å². The maximum absolute atomic E-state index is 13.4. The molecule has 1 saturated heterocycles. The first-order valence-corrected chi connectivity index (χ1v) is 12.7. The third-order valence-electron chi connectivity index (χ3n) is 6.23. The van der Waals surface area contributed by atoms with E-state index >= 15 is 0 Å². The van der Waals surface area contributed by atoms with Gasteiger partial charge in [0, 0.05) is 35.2 Å². The lowest BCUT2D eigenvalue weighted by Gasteiger charge is -2.34. The van der Waals surface area contributed by atoms with Gasteiger partial charge in [0.1, 0.15) is 10.6 Å². The van der Waals surface area contributed by atoms with E-state index in [1.165, 1.54) is 17.0 Å². The number of hydrogen-bond donors (Lipinski definition) is 0. The third kappa shape index (κ3) is 4.13. The lowest BCUT2D eigenvalue weighted by Crippen LogP contribution is -2.46. The van der Waals surface area contributed by atoms with E-state index in [2.05, 4.69) is 28.9 Å². The van der Waals surface area contributed by atoms with Gasteiger partial charge in [0.25, 0.3) is 0 Å². The highest BCUT2D eigenvalue weighted by atomic mass is 79.9. The lowest BCUT2D eigenvalue weighted by atomic mass is 9.96.